The van der Waals surface area contributed by atoms with Crippen molar-refractivity contribution in [2.24, 2.45) is 10.8 Å². The number of hydrogen-bond acceptors (Lipinski definition) is 6. The summed E-state index contributed by atoms with van der Waals surface area (Å²) in [5.74, 6) is -0.923. The highest BCUT2D eigenvalue weighted by Crippen LogP contribution is 2.66. The Morgan fingerprint density at radius 2 is 1.15 bits per heavy atom. The van der Waals surface area contributed by atoms with Crippen molar-refractivity contribution in [2.45, 2.75) is 83.2 Å². The molecule has 3 aliphatic rings. The molecule has 6 nitrogen and oxygen atoms in total. The summed E-state index contributed by atoms with van der Waals surface area (Å²) in [7, 11) is 2.20. The number of carbonyl (C=O) groups excluding carboxylic acids is 2. The summed E-state index contributed by atoms with van der Waals surface area (Å²) in [6.07, 6.45) is 4.33. The number of rotatable bonds is 3. The first-order chi connectivity index (χ1) is 12.1. The van der Waals surface area contributed by atoms with Crippen LogP contribution in [-0.4, -0.2) is 44.5 Å². The maximum absolute atomic E-state index is 13.0. The van der Waals surface area contributed by atoms with Crippen molar-refractivity contribution < 1.29 is 28.4 Å². The molecule has 3 fully saturated rings. The normalized spacial score (nSPS) is 37.9. The number of fused-ring (bicyclic) bond motifs is 2. The van der Waals surface area contributed by atoms with Crippen LogP contribution >= 0.6 is 0 Å². The Morgan fingerprint density at radius 1 is 0.808 bits per heavy atom. The molecule has 0 unspecified atom stereocenters. The second-order valence-electron chi connectivity index (χ2n) is 9.10. The lowest BCUT2D eigenvalue weighted by atomic mass is 9.38. The Labute approximate surface area is 156 Å². The van der Waals surface area contributed by atoms with Gasteiger partial charge in [0.15, 0.2) is 0 Å². The highest BCUT2D eigenvalue weighted by molar-refractivity contribution is 6.49. The quantitative estimate of drug-likeness (QED) is 0.565. The summed E-state index contributed by atoms with van der Waals surface area (Å²) < 4.78 is 23.1. The third-order valence-electron chi connectivity index (χ3n) is 7.41. The molecule has 0 aromatic rings. The average Bonchev–Trinajstić information content (AvgIpc) is 2.79. The van der Waals surface area contributed by atoms with E-state index in [1.54, 1.807) is 0 Å². The van der Waals surface area contributed by atoms with E-state index in [0.29, 0.717) is 25.7 Å². The first kappa shape index (κ1) is 19.7. The molecule has 0 N–H and O–H groups in total. The number of hydrogen-bond donors (Lipinski definition) is 0. The van der Waals surface area contributed by atoms with E-state index in [1.165, 1.54) is 14.2 Å². The SMILES string of the molecule is COC(=O)C12CCCC(C(=O)OC)(CCC1)C2B1OC(C)(C)C(C)(C)O1. The number of esters is 2. The van der Waals surface area contributed by atoms with E-state index in [9.17, 15) is 9.59 Å². The van der Waals surface area contributed by atoms with E-state index in [0.717, 1.165) is 12.8 Å². The van der Waals surface area contributed by atoms with Crippen LogP contribution in [0.5, 0.6) is 0 Å². The molecule has 0 aromatic carbocycles. The molecule has 26 heavy (non-hydrogen) atoms. The molecule has 1 aliphatic heterocycles. The molecule has 0 radical (unpaired) electrons. The second kappa shape index (κ2) is 6.23. The van der Waals surface area contributed by atoms with Gasteiger partial charge < -0.3 is 18.8 Å². The topological polar surface area (TPSA) is 71.1 Å². The molecule has 2 saturated carbocycles. The van der Waals surface area contributed by atoms with Crippen molar-refractivity contribution in [1.29, 1.82) is 0 Å². The van der Waals surface area contributed by atoms with Crippen LogP contribution < -0.4 is 0 Å². The van der Waals surface area contributed by atoms with Crippen LogP contribution in [0.3, 0.4) is 0 Å². The smallest absolute Gasteiger partial charge is 0.463 e. The Bertz CT molecular complexity index is 541. The summed E-state index contributed by atoms with van der Waals surface area (Å²) in [5, 5.41) is 0. The second-order valence-corrected chi connectivity index (χ2v) is 9.10. The maximum atomic E-state index is 13.0. The van der Waals surface area contributed by atoms with Crippen molar-refractivity contribution in [1.82, 2.24) is 0 Å². The van der Waals surface area contributed by atoms with Crippen LogP contribution in [0.4, 0.5) is 0 Å². The lowest BCUT2D eigenvalue weighted by Gasteiger charge is -2.55. The maximum Gasteiger partial charge on any atom is 0.463 e. The zero-order valence-electron chi connectivity index (χ0n) is 16.8. The summed E-state index contributed by atoms with van der Waals surface area (Å²) in [6.45, 7) is 7.95. The highest BCUT2D eigenvalue weighted by Gasteiger charge is 2.71. The Kier molecular flexibility index (Phi) is 4.72. The van der Waals surface area contributed by atoms with Crippen LogP contribution in [0.2, 0.25) is 5.82 Å². The van der Waals surface area contributed by atoms with Crippen molar-refractivity contribution >= 4 is 19.1 Å². The van der Waals surface area contributed by atoms with Crippen LogP contribution in [0.1, 0.15) is 66.2 Å². The van der Waals surface area contributed by atoms with Crippen molar-refractivity contribution in [2.75, 3.05) is 14.2 Å². The molecular formula is C19H31BO6. The highest BCUT2D eigenvalue weighted by atomic mass is 16.7. The third kappa shape index (κ3) is 2.54. The summed E-state index contributed by atoms with van der Waals surface area (Å²) in [4.78, 5) is 25.9. The molecular weight excluding hydrogens is 335 g/mol. The molecule has 1 heterocycles. The predicted octanol–water partition coefficient (Wildman–Crippen LogP) is 3.14. The van der Waals surface area contributed by atoms with Gasteiger partial charge in [-0.25, -0.2) is 0 Å². The van der Waals surface area contributed by atoms with Gasteiger partial charge in [-0.3, -0.25) is 9.59 Å². The van der Waals surface area contributed by atoms with E-state index < -0.39 is 35.0 Å². The predicted molar refractivity (Wildman–Crippen MR) is 96.4 cm³/mol. The fourth-order valence-electron chi connectivity index (χ4n) is 5.45. The minimum absolute atomic E-state index is 0.259. The minimum Gasteiger partial charge on any atom is -0.469 e. The van der Waals surface area contributed by atoms with Crippen LogP contribution in [0.15, 0.2) is 0 Å². The molecule has 0 aromatic heterocycles. The first-order valence-corrected chi connectivity index (χ1v) is 9.59. The molecule has 0 amide bonds. The number of carbonyl (C=O) groups is 2. The van der Waals surface area contributed by atoms with Gasteiger partial charge in [0.05, 0.1) is 36.3 Å². The zero-order chi connectivity index (χ0) is 19.4. The van der Waals surface area contributed by atoms with Gasteiger partial charge in [0.2, 0.25) is 0 Å². The third-order valence-corrected chi connectivity index (χ3v) is 7.41. The summed E-state index contributed by atoms with van der Waals surface area (Å²) in [6, 6.07) is 0. The molecule has 3 rings (SSSR count). The van der Waals surface area contributed by atoms with Gasteiger partial charge in [0.25, 0.3) is 0 Å². The van der Waals surface area contributed by atoms with Crippen LogP contribution in [0, 0.1) is 10.8 Å². The van der Waals surface area contributed by atoms with Crippen molar-refractivity contribution in [3.8, 4) is 0 Å². The monoisotopic (exact) mass is 366 g/mol. The molecule has 146 valence electrons. The van der Waals surface area contributed by atoms with Crippen molar-refractivity contribution in [3.05, 3.63) is 0 Å². The number of ether oxygens (including phenoxy) is 2. The van der Waals surface area contributed by atoms with Crippen LogP contribution in [0.25, 0.3) is 0 Å². The first-order valence-electron chi connectivity index (χ1n) is 9.59. The molecule has 0 atom stereocenters. The number of methoxy groups -OCH3 is 2. The fraction of sp³-hybridized carbons (Fsp3) is 0.895. The van der Waals surface area contributed by atoms with Gasteiger partial charge in [0, 0.05) is 5.82 Å². The molecule has 7 heteroatoms. The zero-order valence-corrected chi connectivity index (χ0v) is 16.8. The summed E-state index contributed by atoms with van der Waals surface area (Å²) >= 11 is 0. The largest absolute Gasteiger partial charge is 0.469 e. The van der Waals surface area contributed by atoms with E-state index in [-0.39, 0.29) is 11.9 Å². The lowest BCUT2D eigenvalue weighted by Crippen LogP contribution is -2.59. The minimum atomic E-state index is -0.763. The van der Waals surface area contributed by atoms with E-state index in [4.69, 9.17) is 18.8 Å². The molecule has 2 aliphatic carbocycles. The Balaban J connectivity index is 2.12. The molecule has 2 bridgehead atoms. The fourth-order valence-corrected chi connectivity index (χ4v) is 5.45. The van der Waals surface area contributed by atoms with Gasteiger partial charge in [-0.05, 0) is 53.4 Å². The molecule has 1 saturated heterocycles. The standard InChI is InChI=1S/C19H31BO6/c1-16(2)17(3,4)26-20(25-16)13-18(14(21)23-5)9-7-11-19(13,12-8-10-18)15(22)24-6/h13H,7-12H2,1-6H3. The van der Waals surface area contributed by atoms with Crippen LogP contribution in [-0.2, 0) is 28.4 Å². The summed E-state index contributed by atoms with van der Waals surface area (Å²) in [5.41, 5.74) is -2.59. The van der Waals surface area contributed by atoms with Gasteiger partial charge >= 0.3 is 19.1 Å². The van der Waals surface area contributed by atoms with Crippen molar-refractivity contribution in [3.63, 3.8) is 0 Å². The van der Waals surface area contributed by atoms with Gasteiger partial charge in [-0.15, -0.1) is 0 Å². The molecule has 0 spiro atoms. The van der Waals surface area contributed by atoms with Gasteiger partial charge in [-0.1, -0.05) is 12.8 Å². The van der Waals surface area contributed by atoms with E-state index >= 15 is 0 Å². The van der Waals surface area contributed by atoms with E-state index in [2.05, 4.69) is 0 Å². The Hall–Kier alpha value is -1.08. The van der Waals surface area contributed by atoms with Gasteiger partial charge in [0.1, 0.15) is 0 Å². The lowest BCUT2D eigenvalue weighted by molar-refractivity contribution is -0.174. The van der Waals surface area contributed by atoms with E-state index in [1.807, 2.05) is 27.7 Å². The Morgan fingerprint density at radius 3 is 1.46 bits per heavy atom. The average molecular weight is 366 g/mol. The van der Waals surface area contributed by atoms with Gasteiger partial charge in [-0.2, -0.15) is 0 Å².